The van der Waals surface area contributed by atoms with Crippen molar-refractivity contribution in [1.82, 2.24) is 4.90 Å². The Hall–Kier alpha value is -1.99. The minimum atomic E-state index is -0.978. The number of ether oxygens (including phenoxy) is 2. The fourth-order valence-electron chi connectivity index (χ4n) is 2.24. The van der Waals surface area contributed by atoms with Gasteiger partial charge in [-0.3, -0.25) is 14.5 Å². The summed E-state index contributed by atoms with van der Waals surface area (Å²) in [5, 5.41) is -0.0943. The van der Waals surface area contributed by atoms with Gasteiger partial charge in [-0.1, -0.05) is 24.6 Å². The highest BCUT2D eigenvalue weighted by Crippen LogP contribution is 2.35. The Morgan fingerprint density at radius 1 is 1.35 bits per heavy atom. The van der Waals surface area contributed by atoms with E-state index >= 15 is 0 Å². The molecule has 1 aliphatic rings. The number of hydrogen-bond acceptors (Lipinski definition) is 6. The van der Waals surface area contributed by atoms with Crippen molar-refractivity contribution in [2.75, 3.05) is 7.11 Å². The van der Waals surface area contributed by atoms with E-state index in [4.69, 9.17) is 16.3 Å². The molecule has 2 amide bonds. The predicted octanol–water partition coefficient (Wildman–Crippen LogP) is 4.12. The first-order chi connectivity index (χ1) is 12.3. The van der Waals surface area contributed by atoms with Crippen LogP contribution in [0.3, 0.4) is 0 Å². The molecular formula is C18H20ClNO5S. The number of halogens is 1. The molecule has 26 heavy (non-hydrogen) atoms. The second kappa shape index (κ2) is 8.60. The highest BCUT2D eigenvalue weighted by molar-refractivity contribution is 8.18. The average molecular weight is 398 g/mol. The summed E-state index contributed by atoms with van der Waals surface area (Å²) in [5.74, 6) is -0.623. The molecule has 0 radical (unpaired) electrons. The molecule has 1 heterocycles. The molecule has 8 heteroatoms. The van der Waals surface area contributed by atoms with Gasteiger partial charge in [0.2, 0.25) is 0 Å². The van der Waals surface area contributed by atoms with Crippen LogP contribution in [-0.4, -0.2) is 41.3 Å². The van der Waals surface area contributed by atoms with Gasteiger partial charge >= 0.3 is 5.97 Å². The van der Waals surface area contributed by atoms with Crippen LogP contribution in [0.2, 0.25) is 5.02 Å². The lowest BCUT2D eigenvalue weighted by Gasteiger charge is -2.18. The van der Waals surface area contributed by atoms with Crippen molar-refractivity contribution in [2.45, 2.75) is 39.3 Å². The van der Waals surface area contributed by atoms with Crippen molar-refractivity contribution in [2.24, 2.45) is 0 Å². The highest BCUT2D eigenvalue weighted by atomic mass is 35.5. The minimum Gasteiger partial charge on any atom is -0.489 e. The van der Waals surface area contributed by atoms with Crippen molar-refractivity contribution < 1.29 is 23.9 Å². The Bertz CT molecular complexity index is 764. The van der Waals surface area contributed by atoms with Crippen LogP contribution in [0.5, 0.6) is 5.75 Å². The second-order valence-electron chi connectivity index (χ2n) is 5.78. The van der Waals surface area contributed by atoms with Gasteiger partial charge in [-0.05, 0) is 55.8 Å². The van der Waals surface area contributed by atoms with Gasteiger partial charge in [0.15, 0.2) is 0 Å². The summed E-state index contributed by atoms with van der Waals surface area (Å²) in [5.41, 5.74) is 0.655. The van der Waals surface area contributed by atoms with E-state index in [2.05, 4.69) is 4.74 Å². The maximum Gasteiger partial charge on any atom is 0.328 e. The molecule has 0 bridgehead atoms. The molecule has 0 N–H and O–H groups in total. The monoisotopic (exact) mass is 397 g/mol. The van der Waals surface area contributed by atoms with E-state index < -0.39 is 23.2 Å². The van der Waals surface area contributed by atoms with E-state index in [-0.39, 0.29) is 11.0 Å². The zero-order valence-electron chi connectivity index (χ0n) is 14.9. The van der Waals surface area contributed by atoms with Crippen LogP contribution in [0.25, 0.3) is 6.08 Å². The number of benzene rings is 1. The summed E-state index contributed by atoms with van der Waals surface area (Å²) in [4.78, 5) is 37.3. The summed E-state index contributed by atoms with van der Waals surface area (Å²) in [6.07, 6.45) is 2.45. The molecule has 1 aromatic carbocycles. The molecule has 1 saturated heterocycles. The van der Waals surface area contributed by atoms with Crippen molar-refractivity contribution in [1.29, 1.82) is 0 Å². The first-order valence-electron chi connectivity index (χ1n) is 8.09. The fourth-order valence-corrected chi connectivity index (χ4v) is 3.39. The van der Waals surface area contributed by atoms with Gasteiger partial charge < -0.3 is 9.47 Å². The van der Waals surface area contributed by atoms with Crippen molar-refractivity contribution in [3.8, 4) is 5.75 Å². The van der Waals surface area contributed by atoms with Gasteiger partial charge in [0.05, 0.1) is 23.1 Å². The molecule has 1 aliphatic heterocycles. The molecule has 0 spiro atoms. The molecule has 2 atom stereocenters. The zero-order valence-corrected chi connectivity index (χ0v) is 16.5. The van der Waals surface area contributed by atoms with Crippen LogP contribution in [0.1, 0.15) is 32.8 Å². The summed E-state index contributed by atoms with van der Waals surface area (Å²) in [7, 11) is 1.21. The molecular weight excluding hydrogens is 378 g/mol. The van der Waals surface area contributed by atoms with E-state index in [0.717, 1.165) is 23.1 Å². The SMILES string of the molecule is CC[C@H](C)Oc1ccc(/C=C2/SC(=O)N([C@@H](C)C(=O)OC)C2=O)cc1Cl. The number of esters is 1. The molecule has 2 rings (SSSR count). The summed E-state index contributed by atoms with van der Waals surface area (Å²) in [6, 6.07) is 4.16. The van der Waals surface area contributed by atoms with Gasteiger partial charge in [-0.25, -0.2) is 4.79 Å². The number of imide groups is 1. The average Bonchev–Trinajstić information content (AvgIpc) is 2.89. The number of amides is 2. The van der Waals surface area contributed by atoms with E-state index in [1.54, 1.807) is 24.3 Å². The third-order valence-electron chi connectivity index (χ3n) is 3.91. The van der Waals surface area contributed by atoms with Crippen molar-refractivity contribution in [3.05, 3.63) is 33.7 Å². The number of rotatable bonds is 6. The number of nitrogens with zero attached hydrogens (tertiary/aromatic N) is 1. The lowest BCUT2D eigenvalue weighted by atomic mass is 10.2. The van der Waals surface area contributed by atoms with Crippen LogP contribution in [0, 0.1) is 0 Å². The van der Waals surface area contributed by atoms with E-state index in [1.165, 1.54) is 14.0 Å². The minimum absolute atomic E-state index is 0.0367. The number of methoxy groups -OCH3 is 1. The van der Waals surface area contributed by atoms with E-state index in [1.807, 2.05) is 13.8 Å². The second-order valence-corrected chi connectivity index (χ2v) is 7.18. The molecule has 0 aromatic heterocycles. The number of thioether (sulfide) groups is 1. The smallest absolute Gasteiger partial charge is 0.328 e. The quantitative estimate of drug-likeness (QED) is 0.531. The molecule has 0 saturated carbocycles. The molecule has 0 unspecified atom stereocenters. The van der Waals surface area contributed by atoms with Crippen LogP contribution < -0.4 is 4.74 Å². The topological polar surface area (TPSA) is 72.9 Å². The number of carbonyl (C=O) groups excluding carboxylic acids is 3. The highest BCUT2D eigenvalue weighted by Gasteiger charge is 2.41. The first-order valence-corrected chi connectivity index (χ1v) is 9.29. The van der Waals surface area contributed by atoms with Gasteiger partial charge in [0, 0.05) is 0 Å². The Morgan fingerprint density at radius 2 is 2.04 bits per heavy atom. The normalized spacial score (nSPS) is 18.2. The standard InChI is InChI=1S/C18H20ClNO5S/c1-5-10(2)25-14-7-6-12(8-13(14)19)9-15-16(21)20(18(23)26-15)11(3)17(22)24-4/h6-11H,5H2,1-4H3/b15-9+/t10-,11-/m0/s1. The van der Waals surface area contributed by atoms with Gasteiger partial charge in [-0.2, -0.15) is 0 Å². The van der Waals surface area contributed by atoms with Crippen molar-refractivity contribution >= 4 is 46.6 Å². The maximum atomic E-state index is 12.5. The number of carbonyl (C=O) groups is 3. The fraction of sp³-hybridized carbons (Fsp3) is 0.389. The predicted molar refractivity (Wildman–Crippen MR) is 101 cm³/mol. The Morgan fingerprint density at radius 3 is 2.62 bits per heavy atom. The lowest BCUT2D eigenvalue weighted by molar-refractivity contribution is -0.148. The lowest BCUT2D eigenvalue weighted by Crippen LogP contribution is -2.42. The van der Waals surface area contributed by atoms with Crippen LogP contribution in [0.4, 0.5) is 4.79 Å². The largest absolute Gasteiger partial charge is 0.489 e. The summed E-state index contributed by atoms with van der Waals surface area (Å²) in [6.45, 7) is 5.41. The van der Waals surface area contributed by atoms with Gasteiger partial charge in [-0.15, -0.1) is 0 Å². The first kappa shape index (κ1) is 20.3. The summed E-state index contributed by atoms with van der Waals surface area (Å²) >= 11 is 7.01. The molecule has 1 fully saturated rings. The zero-order chi connectivity index (χ0) is 19.4. The Labute approximate surface area is 161 Å². The molecule has 6 nitrogen and oxygen atoms in total. The molecule has 1 aromatic rings. The van der Waals surface area contributed by atoms with E-state index in [9.17, 15) is 14.4 Å². The summed E-state index contributed by atoms with van der Waals surface area (Å²) < 4.78 is 10.3. The van der Waals surface area contributed by atoms with Gasteiger partial charge in [0.1, 0.15) is 11.8 Å². The molecule has 0 aliphatic carbocycles. The van der Waals surface area contributed by atoms with Gasteiger partial charge in [0.25, 0.3) is 11.1 Å². The molecule has 140 valence electrons. The van der Waals surface area contributed by atoms with E-state index in [0.29, 0.717) is 16.3 Å². The third kappa shape index (κ3) is 4.40. The number of hydrogen-bond donors (Lipinski definition) is 0. The Balaban J connectivity index is 2.22. The Kier molecular flexibility index (Phi) is 6.72. The maximum absolute atomic E-state index is 12.5. The van der Waals surface area contributed by atoms with Crippen LogP contribution >= 0.6 is 23.4 Å². The van der Waals surface area contributed by atoms with Crippen LogP contribution in [-0.2, 0) is 14.3 Å². The van der Waals surface area contributed by atoms with Crippen LogP contribution in [0.15, 0.2) is 23.1 Å². The van der Waals surface area contributed by atoms with Crippen molar-refractivity contribution in [3.63, 3.8) is 0 Å². The third-order valence-corrected chi connectivity index (χ3v) is 5.09.